The Balaban J connectivity index is 1.90. The zero-order valence-corrected chi connectivity index (χ0v) is 11.7. The standard InChI is InChI=1S/C16H19ClF2/c17-15-9-8-14(11-16(15)19)13-6-4-12(5-7-13)3-1-2-10-18/h1,3,8-9,11-13H,2,4-7,10H2/t12-,13-. The van der Waals surface area contributed by atoms with E-state index in [1.54, 1.807) is 12.1 Å². The molecule has 1 saturated carbocycles. The molecule has 1 aromatic carbocycles. The molecule has 1 aromatic rings. The van der Waals surface area contributed by atoms with Crippen LogP contribution in [0.4, 0.5) is 8.78 Å². The number of halogens is 3. The van der Waals surface area contributed by atoms with Crippen LogP contribution in [0.3, 0.4) is 0 Å². The molecule has 0 nitrogen and oxygen atoms in total. The van der Waals surface area contributed by atoms with Crippen molar-refractivity contribution in [1.29, 1.82) is 0 Å². The second-order valence-electron chi connectivity index (χ2n) is 5.19. The van der Waals surface area contributed by atoms with E-state index < -0.39 is 0 Å². The molecule has 0 heterocycles. The fourth-order valence-corrected chi connectivity index (χ4v) is 2.88. The summed E-state index contributed by atoms with van der Waals surface area (Å²) in [5.41, 5.74) is 1.05. The molecule has 1 aliphatic rings. The molecule has 104 valence electrons. The molecule has 1 aliphatic carbocycles. The largest absolute Gasteiger partial charge is 0.251 e. The van der Waals surface area contributed by atoms with Crippen molar-refractivity contribution in [3.8, 4) is 0 Å². The fourth-order valence-electron chi connectivity index (χ4n) is 2.76. The highest BCUT2D eigenvalue weighted by Gasteiger charge is 2.21. The normalized spacial score (nSPS) is 23.9. The quantitative estimate of drug-likeness (QED) is 0.625. The van der Waals surface area contributed by atoms with E-state index in [1.807, 2.05) is 12.1 Å². The topological polar surface area (TPSA) is 0 Å². The van der Waals surface area contributed by atoms with Gasteiger partial charge in [0.25, 0.3) is 0 Å². The minimum atomic E-state index is -0.330. The molecule has 0 bridgehead atoms. The molecule has 0 spiro atoms. The molecule has 0 unspecified atom stereocenters. The highest BCUT2D eigenvalue weighted by atomic mass is 35.5. The number of benzene rings is 1. The lowest BCUT2D eigenvalue weighted by molar-refractivity contribution is 0.374. The molecule has 1 fully saturated rings. The summed E-state index contributed by atoms with van der Waals surface area (Å²) in [6.07, 6.45) is 8.90. The minimum Gasteiger partial charge on any atom is -0.251 e. The smallest absolute Gasteiger partial charge is 0.142 e. The van der Waals surface area contributed by atoms with Crippen LogP contribution >= 0.6 is 11.6 Å². The molecule has 0 aromatic heterocycles. The van der Waals surface area contributed by atoms with Gasteiger partial charge in [0, 0.05) is 0 Å². The Labute approximate surface area is 118 Å². The predicted octanol–water partition coefficient (Wildman–Crippen LogP) is 5.67. The highest BCUT2D eigenvalue weighted by molar-refractivity contribution is 6.30. The maximum absolute atomic E-state index is 13.4. The van der Waals surface area contributed by atoms with Crippen LogP contribution in [0.1, 0.15) is 43.6 Å². The van der Waals surface area contributed by atoms with Gasteiger partial charge >= 0.3 is 0 Å². The van der Waals surface area contributed by atoms with Gasteiger partial charge in [-0.05, 0) is 61.6 Å². The van der Waals surface area contributed by atoms with Crippen LogP contribution in [-0.4, -0.2) is 6.67 Å². The van der Waals surface area contributed by atoms with E-state index >= 15 is 0 Å². The lowest BCUT2D eigenvalue weighted by Gasteiger charge is -2.27. The first kappa shape index (κ1) is 14.5. The lowest BCUT2D eigenvalue weighted by atomic mass is 9.78. The van der Waals surface area contributed by atoms with Gasteiger partial charge in [-0.25, -0.2) is 4.39 Å². The van der Waals surface area contributed by atoms with Gasteiger partial charge in [-0.3, -0.25) is 4.39 Å². The van der Waals surface area contributed by atoms with Crippen LogP contribution in [0.5, 0.6) is 0 Å². The molecule has 0 amide bonds. The van der Waals surface area contributed by atoms with Gasteiger partial charge in [-0.1, -0.05) is 29.8 Å². The van der Waals surface area contributed by atoms with Crippen molar-refractivity contribution in [3.05, 3.63) is 46.8 Å². The van der Waals surface area contributed by atoms with E-state index in [0.717, 1.165) is 31.2 Å². The number of hydrogen-bond donors (Lipinski definition) is 0. The first-order chi connectivity index (χ1) is 9.20. The van der Waals surface area contributed by atoms with E-state index in [2.05, 4.69) is 6.08 Å². The third-order valence-electron chi connectivity index (χ3n) is 3.87. The third-order valence-corrected chi connectivity index (χ3v) is 4.18. The molecular weight excluding hydrogens is 266 g/mol. The Morgan fingerprint density at radius 1 is 1.21 bits per heavy atom. The molecule has 19 heavy (non-hydrogen) atoms. The maximum Gasteiger partial charge on any atom is 0.142 e. The van der Waals surface area contributed by atoms with E-state index in [1.165, 1.54) is 0 Å². The summed E-state index contributed by atoms with van der Waals surface area (Å²) in [6.45, 7) is -0.282. The number of rotatable bonds is 4. The summed E-state index contributed by atoms with van der Waals surface area (Å²) in [5, 5.41) is 0.187. The van der Waals surface area contributed by atoms with E-state index in [-0.39, 0.29) is 17.5 Å². The van der Waals surface area contributed by atoms with Crippen LogP contribution in [0.2, 0.25) is 5.02 Å². The highest BCUT2D eigenvalue weighted by Crippen LogP contribution is 2.37. The van der Waals surface area contributed by atoms with Crippen molar-refractivity contribution in [1.82, 2.24) is 0 Å². The molecule has 0 saturated heterocycles. The summed E-state index contributed by atoms with van der Waals surface area (Å²) in [4.78, 5) is 0. The Morgan fingerprint density at radius 2 is 1.95 bits per heavy atom. The van der Waals surface area contributed by atoms with E-state index in [0.29, 0.717) is 18.3 Å². The lowest BCUT2D eigenvalue weighted by Crippen LogP contribution is -2.12. The van der Waals surface area contributed by atoms with Gasteiger partial charge in [0.15, 0.2) is 0 Å². The molecular formula is C16H19ClF2. The van der Waals surface area contributed by atoms with Crippen molar-refractivity contribution in [2.75, 3.05) is 6.67 Å². The zero-order chi connectivity index (χ0) is 13.7. The SMILES string of the molecule is FCCC=C[C@H]1CC[C@H](c2ccc(Cl)c(F)c2)CC1. The molecule has 2 rings (SSSR count). The molecule has 0 atom stereocenters. The minimum absolute atomic E-state index is 0.187. The summed E-state index contributed by atoms with van der Waals surface area (Å²) in [5.74, 6) is 0.654. The Kier molecular flexibility index (Phi) is 5.38. The predicted molar refractivity (Wildman–Crippen MR) is 75.8 cm³/mol. The molecule has 0 radical (unpaired) electrons. The van der Waals surface area contributed by atoms with E-state index in [4.69, 9.17) is 11.6 Å². The summed E-state index contributed by atoms with van der Waals surface area (Å²) in [7, 11) is 0. The maximum atomic E-state index is 13.4. The average molecular weight is 285 g/mol. The van der Waals surface area contributed by atoms with Crippen molar-refractivity contribution in [3.63, 3.8) is 0 Å². The van der Waals surface area contributed by atoms with Gasteiger partial charge in [0.2, 0.25) is 0 Å². The summed E-state index contributed by atoms with van der Waals surface area (Å²) >= 11 is 5.70. The van der Waals surface area contributed by atoms with Crippen molar-refractivity contribution in [2.45, 2.75) is 38.0 Å². The summed E-state index contributed by atoms with van der Waals surface area (Å²) in [6, 6.07) is 5.13. The van der Waals surface area contributed by atoms with Crippen LogP contribution < -0.4 is 0 Å². The fraction of sp³-hybridized carbons (Fsp3) is 0.500. The Morgan fingerprint density at radius 3 is 2.58 bits per heavy atom. The van der Waals surface area contributed by atoms with Gasteiger partial charge < -0.3 is 0 Å². The second-order valence-corrected chi connectivity index (χ2v) is 5.60. The Bertz CT molecular complexity index is 434. The number of alkyl halides is 1. The average Bonchev–Trinajstić information content (AvgIpc) is 2.43. The van der Waals surface area contributed by atoms with Crippen molar-refractivity contribution in [2.24, 2.45) is 5.92 Å². The van der Waals surface area contributed by atoms with Gasteiger partial charge in [0.05, 0.1) is 11.7 Å². The second kappa shape index (κ2) is 7.04. The van der Waals surface area contributed by atoms with E-state index in [9.17, 15) is 8.78 Å². The Hall–Kier alpha value is -0.890. The van der Waals surface area contributed by atoms with Crippen LogP contribution in [0.15, 0.2) is 30.4 Å². The number of allylic oxidation sites excluding steroid dienone is 2. The number of hydrogen-bond acceptors (Lipinski definition) is 0. The molecule has 0 N–H and O–H groups in total. The van der Waals surface area contributed by atoms with Gasteiger partial charge in [-0.15, -0.1) is 0 Å². The van der Waals surface area contributed by atoms with Gasteiger partial charge in [0.1, 0.15) is 5.82 Å². The first-order valence-corrected chi connectivity index (χ1v) is 7.26. The third kappa shape index (κ3) is 4.04. The monoisotopic (exact) mass is 284 g/mol. The van der Waals surface area contributed by atoms with Crippen LogP contribution in [-0.2, 0) is 0 Å². The summed E-state index contributed by atoms with van der Waals surface area (Å²) < 4.78 is 25.4. The van der Waals surface area contributed by atoms with Gasteiger partial charge in [-0.2, -0.15) is 0 Å². The van der Waals surface area contributed by atoms with Crippen LogP contribution in [0.25, 0.3) is 0 Å². The van der Waals surface area contributed by atoms with Crippen molar-refractivity contribution < 1.29 is 8.78 Å². The molecule has 0 aliphatic heterocycles. The first-order valence-electron chi connectivity index (χ1n) is 6.88. The van der Waals surface area contributed by atoms with Crippen LogP contribution in [0, 0.1) is 11.7 Å². The zero-order valence-electron chi connectivity index (χ0n) is 10.9. The molecule has 3 heteroatoms. The van der Waals surface area contributed by atoms with Crippen molar-refractivity contribution >= 4 is 11.6 Å².